The molecule has 0 aliphatic heterocycles. The average Bonchev–Trinajstić information content (AvgIpc) is 2.15. The first-order valence-electron chi connectivity index (χ1n) is 2.42. The summed E-state index contributed by atoms with van der Waals surface area (Å²) >= 11 is 0. The third-order valence-corrected chi connectivity index (χ3v) is 1.04. The molecule has 9 heavy (non-hydrogen) atoms. The van der Waals surface area contributed by atoms with Crippen molar-refractivity contribution in [2.45, 2.75) is 5.52 Å². The van der Waals surface area contributed by atoms with Crippen LogP contribution in [0.15, 0.2) is 6.33 Å². The van der Waals surface area contributed by atoms with Crippen molar-refractivity contribution in [2.24, 2.45) is 0 Å². The molecule has 0 bridgehead atoms. The Morgan fingerprint density at radius 1 is 1.67 bits per heavy atom. The lowest BCUT2D eigenvalue weighted by atomic mass is 11.0. The predicted octanol–water partition coefficient (Wildman–Crippen LogP) is 0.250. The quantitative estimate of drug-likeness (QED) is 0.613. The minimum Gasteiger partial charge on any atom is -0.344 e. The van der Waals surface area contributed by atoms with Gasteiger partial charge in [0.05, 0.1) is 5.52 Å². The van der Waals surface area contributed by atoms with Gasteiger partial charge in [0.1, 0.15) is 6.33 Å². The van der Waals surface area contributed by atoms with Crippen LogP contribution in [-0.2, 0) is 0 Å². The van der Waals surface area contributed by atoms with E-state index in [0.717, 1.165) is 0 Å². The van der Waals surface area contributed by atoms with Crippen LogP contribution in [0.2, 0.25) is 0 Å². The molecular weight excluding hydrogens is 154 g/mol. The average molecular weight is 162 g/mol. The molecule has 1 aromatic rings. The molecule has 0 radical (unpaired) electrons. The van der Waals surface area contributed by atoms with E-state index in [1.165, 1.54) is 6.33 Å². The summed E-state index contributed by atoms with van der Waals surface area (Å²) < 4.78 is 0. The van der Waals surface area contributed by atoms with Gasteiger partial charge in [-0.3, -0.25) is 5.10 Å². The molecule has 0 amide bonds. The van der Waals surface area contributed by atoms with E-state index in [9.17, 15) is 0 Å². The number of H-pyrrole nitrogens is 1. The molecule has 2 N–H and O–H groups in total. The van der Waals surface area contributed by atoms with Gasteiger partial charge in [0.25, 0.3) is 0 Å². The van der Waals surface area contributed by atoms with E-state index in [1.54, 1.807) is 0 Å². The fourth-order valence-electron chi connectivity index (χ4n) is 0.428. The monoisotopic (exact) mass is 162 g/mol. The summed E-state index contributed by atoms with van der Waals surface area (Å²) in [6.07, 6.45) is 1.53. The van der Waals surface area contributed by atoms with Crippen LogP contribution in [0, 0.1) is 0 Å². The summed E-state index contributed by atoms with van der Waals surface area (Å²) in [4.78, 5) is 3.85. The van der Waals surface area contributed by atoms with E-state index in [4.69, 9.17) is 0 Å². The van der Waals surface area contributed by atoms with Gasteiger partial charge in [0.15, 0.2) is 0 Å². The van der Waals surface area contributed by atoms with Crippen LogP contribution in [0.1, 0.15) is 0 Å². The summed E-state index contributed by atoms with van der Waals surface area (Å²) in [6.45, 7) is 0. The summed E-state index contributed by atoms with van der Waals surface area (Å²) in [5.74, 6) is 0.616. The van der Waals surface area contributed by atoms with E-state index in [2.05, 4.69) is 39.0 Å². The van der Waals surface area contributed by atoms with Gasteiger partial charge in [0, 0.05) is 0 Å². The molecule has 0 aliphatic rings. The topological polar surface area (TPSA) is 53.6 Å². The summed E-state index contributed by atoms with van der Waals surface area (Å²) in [5.41, 5.74) is 0.223. The van der Waals surface area contributed by atoms with Gasteiger partial charge in [-0.25, -0.2) is 4.98 Å². The van der Waals surface area contributed by atoms with Crippen LogP contribution >= 0.6 is 18.5 Å². The Kier molecular flexibility index (Phi) is 2.38. The number of nitrogens with zero attached hydrogens (tertiary/aromatic N) is 2. The van der Waals surface area contributed by atoms with E-state index < -0.39 is 0 Å². The van der Waals surface area contributed by atoms with Crippen molar-refractivity contribution >= 4 is 24.4 Å². The second kappa shape index (κ2) is 3.09. The molecule has 2 unspecified atom stereocenters. The SMILES string of the molecule is PC(P)Nc1nc[nH]n1. The molecule has 4 nitrogen and oxygen atoms in total. The smallest absolute Gasteiger partial charge is 0.242 e. The first-order valence-corrected chi connectivity index (χ1v) is 3.76. The number of hydrogen-bond acceptors (Lipinski definition) is 3. The van der Waals surface area contributed by atoms with Gasteiger partial charge in [-0.15, -0.1) is 23.6 Å². The van der Waals surface area contributed by atoms with Crippen LogP contribution in [0.3, 0.4) is 0 Å². The van der Waals surface area contributed by atoms with Crippen molar-refractivity contribution in [1.29, 1.82) is 0 Å². The van der Waals surface area contributed by atoms with Gasteiger partial charge in [-0.1, -0.05) is 0 Å². The highest BCUT2D eigenvalue weighted by Gasteiger charge is 1.95. The zero-order valence-corrected chi connectivity index (χ0v) is 7.01. The normalized spacial score (nSPS) is 10.1. The molecule has 1 rings (SSSR count). The molecule has 0 saturated heterocycles. The first kappa shape index (κ1) is 6.91. The maximum absolute atomic E-state index is 3.85. The molecule has 2 atom stereocenters. The maximum Gasteiger partial charge on any atom is 0.242 e. The Labute approximate surface area is 57.6 Å². The zero-order valence-electron chi connectivity index (χ0n) is 4.70. The van der Waals surface area contributed by atoms with Crippen molar-refractivity contribution < 1.29 is 0 Å². The van der Waals surface area contributed by atoms with E-state index in [-0.39, 0.29) is 5.52 Å². The molecule has 50 valence electrons. The lowest BCUT2D eigenvalue weighted by Crippen LogP contribution is -2.03. The Hall–Kier alpha value is -0.200. The fourth-order valence-corrected chi connectivity index (χ4v) is 0.726. The molecule has 0 fully saturated rings. The largest absolute Gasteiger partial charge is 0.344 e. The molecule has 0 aromatic carbocycles. The highest BCUT2D eigenvalue weighted by atomic mass is 31.1. The Morgan fingerprint density at radius 3 is 2.89 bits per heavy atom. The molecule has 1 aromatic heterocycles. The molecule has 0 spiro atoms. The Morgan fingerprint density at radius 2 is 2.44 bits per heavy atom. The highest BCUT2D eigenvalue weighted by molar-refractivity contribution is 7.38. The first-order chi connectivity index (χ1) is 4.29. The summed E-state index contributed by atoms with van der Waals surface area (Å²) in [6, 6.07) is 0. The van der Waals surface area contributed by atoms with Crippen molar-refractivity contribution in [3.63, 3.8) is 0 Å². The number of aromatic amines is 1. The van der Waals surface area contributed by atoms with Crippen molar-refractivity contribution in [1.82, 2.24) is 15.2 Å². The lowest BCUT2D eigenvalue weighted by molar-refractivity contribution is 1.08. The lowest BCUT2D eigenvalue weighted by Gasteiger charge is -2.02. The van der Waals surface area contributed by atoms with Crippen LogP contribution < -0.4 is 5.32 Å². The summed E-state index contributed by atoms with van der Waals surface area (Å²) in [7, 11) is 5.12. The van der Waals surface area contributed by atoms with Crippen LogP contribution in [0.4, 0.5) is 5.95 Å². The van der Waals surface area contributed by atoms with Crippen LogP contribution in [0.5, 0.6) is 0 Å². The number of aromatic nitrogens is 3. The summed E-state index contributed by atoms with van der Waals surface area (Å²) in [5, 5.41) is 9.33. The molecule has 1 heterocycles. The molecule has 0 aliphatic carbocycles. The predicted molar refractivity (Wildman–Crippen MR) is 43.2 cm³/mol. The standard InChI is InChI=1S/C3H8N4P2/c8-3(9)6-2-4-1-5-7-2/h1,3H,8-9H2,(H2,4,5,6,7). The molecule has 6 heteroatoms. The van der Waals surface area contributed by atoms with Crippen LogP contribution in [0.25, 0.3) is 0 Å². The number of anilines is 1. The second-order valence-electron chi connectivity index (χ2n) is 1.49. The minimum absolute atomic E-state index is 0.223. The van der Waals surface area contributed by atoms with Gasteiger partial charge < -0.3 is 5.32 Å². The van der Waals surface area contributed by atoms with Gasteiger partial charge in [-0.2, -0.15) is 0 Å². The zero-order chi connectivity index (χ0) is 6.69. The highest BCUT2D eigenvalue weighted by Crippen LogP contribution is 2.09. The Bertz CT molecular complexity index is 160. The third-order valence-electron chi connectivity index (χ3n) is 0.711. The van der Waals surface area contributed by atoms with E-state index in [1.807, 2.05) is 0 Å². The number of nitrogens with one attached hydrogen (secondary N) is 2. The van der Waals surface area contributed by atoms with Crippen LogP contribution in [-0.4, -0.2) is 20.7 Å². The van der Waals surface area contributed by atoms with E-state index >= 15 is 0 Å². The molecular formula is C3H8N4P2. The van der Waals surface area contributed by atoms with Crippen molar-refractivity contribution in [3.8, 4) is 0 Å². The van der Waals surface area contributed by atoms with Gasteiger partial charge in [-0.05, 0) is 0 Å². The minimum atomic E-state index is 0.223. The third kappa shape index (κ3) is 2.25. The maximum atomic E-state index is 3.85. The van der Waals surface area contributed by atoms with Gasteiger partial charge >= 0.3 is 0 Å². The second-order valence-corrected chi connectivity index (χ2v) is 3.70. The molecule has 0 saturated carbocycles. The number of hydrogen-bond donors (Lipinski definition) is 2. The van der Waals surface area contributed by atoms with Gasteiger partial charge in [0.2, 0.25) is 5.95 Å². The Balaban J connectivity index is 2.48. The van der Waals surface area contributed by atoms with Crippen molar-refractivity contribution in [3.05, 3.63) is 6.33 Å². The fraction of sp³-hybridized carbons (Fsp3) is 0.333. The van der Waals surface area contributed by atoms with E-state index in [0.29, 0.717) is 5.95 Å². The number of rotatable bonds is 2. The van der Waals surface area contributed by atoms with Crippen molar-refractivity contribution in [2.75, 3.05) is 5.32 Å².